The molecule has 0 radical (unpaired) electrons. The van der Waals surface area contributed by atoms with Crippen LogP contribution in [-0.4, -0.2) is 17.3 Å². The molecule has 0 aliphatic carbocycles. The van der Waals surface area contributed by atoms with Crippen LogP contribution in [0.1, 0.15) is 6.92 Å². The van der Waals surface area contributed by atoms with Crippen LogP contribution < -0.4 is 0 Å². The van der Waals surface area contributed by atoms with Gasteiger partial charge in [-0.05, 0) is 6.92 Å². The summed E-state index contributed by atoms with van der Waals surface area (Å²) in [6.45, 7) is 2.32. The molecule has 9 heavy (non-hydrogen) atoms. The van der Waals surface area contributed by atoms with Crippen molar-refractivity contribution in [1.29, 1.82) is 0 Å². The largest absolute Gasteiger partial charge is 0.336 e. The molecule has 0 fully saturated rings. The fraction of sp³-hybridized carbons (Fsp3) is 0.600. The summed E-state index contributed by atoms with van der Waals surface area (Å²) < 4.78 is 24.6. The lowest BCUT2D eigenvalue weighted by atomic mass is 10.6. The van der Waals surface area contributed by atoms with Gasteiger partial charge in [0.1, 0.15) is 0 Å². The summed E-state index contributed by atoms with van der Waals surface area (Å²) in [7, 11) is 0. The van der Waals surface area contributed by atoms with Crippen molar-refractivity contribution in [1.82, 2.24) is 4.90 Å². The number of nitrogens with zero attached hydrogens (tertiary/aromatic N) is 1. The molecule has 52 valence electrons. The number of hydrogen-bond donors (Lipinski definition) is 0. The topological polar surface area (TPSA) is 3.24 Å². The molecule has 0 aromatic rings. The van der Waals surface area contributed by atoms with Crippen LogP contribution in [0.25, 0.3) is 0 Å². The van der Waals surface area contributed by atoms with Crippen molar-refractivity contribution in [3.8, 4) is 0 Å². The summed E-state index contributed by atoms with van der Waals surface area (Å²) in [6, 6.07) is 0. The van der Waals surface area contributed by atoms with Gasteiger partial charge < -0.3 is 4.90 Å². The highest BCUT2D eigenvalue weighted by molar-refractivity contribution is 8.03. The number of rotatable bonds is 1. The van der Waals surface area contributed by atoms with Crippen LogP contribution in [0.3, 0.4) is 0 Å². The predicted molar refractivity (Wildman–Crippen MR) is 34.1 cm³/mol. The number of hydrogen-bond acceptors (Lipinski definition) is 2. The first-order chi connectivity index (χ1) is 4.25. The molecule has 1 heterocycles. The van der Waals surface area contributed by atoms with Crippen LogP contribution in [0.15, 0.2) is 11.1 Å². The van der Waals surface area contributed by atoms with Crippen LogP contribution in [0.4, 0.5) is 8.78 Å². The molecule has 1 nitrogen and oxygen atoms in total. The molecule has 0 aromatic heterocycles. The minimum atomic E-state index is -0.706. The zero-order valence-corrected chi connectivity index (χ0v) is 5.84. The lowest BCUT2D eigenvalue weighted by Gasteiger charge is -2.10. The third-order valence-electron chi connectivity index (χ3n) is 1.17. The van der Waals surface area contributed by atoms with Crippen LogP contribution in [-0.2, 0) is 0 Å². The monoisotopic (exact) mass is 151 g/mol. The standard InChI is InChI=1S/C5H7F2NS/c1-2-8-3-9-5(7)4(8)6/h2-3H2,1H3. The Balaban J connectivity index is 2.63. The van der Waals surface area contributed by atoms with Crippen molar-refractivity contribution >= 4 is 11.8 Å². The quantitative estimate of drug-likeness (QED) is 0.528. The Morgan fingerprint density at radius 3 is 2.56 bits per heavy atom. The van der Waals surface area contributed by atoms with E-state index in [-0.39, 0.29) is 0 Å². The second kappa shape index (κ2) is 2.56. The van der Waals surface area contributed by atoms with Gasteiger partial charge in [0.05, 0.1) is 5.88 Å². The minimum absolute atomic E-state index is 0.411. The average Bonchev–Trinajstić information content (AvgIpc) is 2.15. The molecule has 4 heteroatoms. The Bertz CT molecular complexity index is 146. The highest BCUT2D eigenvalue weighted by Gasteiger charge is 2.21. The number of thioether (sulfide) groups is 1. The van der Waals surface area contributed by atoms with Gasteiger partial charge in [-0.1, -0.05) is 11.8 Å². The smallest absolute Gasteiger partial charge is 0.233 e. The van der Waals surface area contributed by atoms with Crippen molar-refractivity contribution in [2.75, 3.05) is 12.4 Å². The van der Waals surface area contributed by atoms with Gasteiger partial charge in [-0.15, -0.1) is 0 Å². The predicted octanol–water partition coefficient (Wildman–Crippen LogP) is 2.08. The maximum Gasteiger partial charge on any atom is 0.233 e. The molecule has 1 aliphatic heterocycles. The molecule has 0 amide bonds. The molecule has 1 aliphatic rings. The third-order valence-corrected chi connectivity index (χ3v) is 2.03. The molecule has 0 saturated carbocycles. The first-order valence-electron chi connectivity index (χ1n) is 2.68. The Morgan fingerprint density at radius 1 is 1.67 bits per heavy atom. The van der Waals surface area contributed by atoms with E-state index in [0.717, 1.165) is 11.8 Å². The molecule has 0 atom stereocenters. The van der Waals surface area contributed by atoms with Gasteiger partial charge in [-0.2, -0.15) is 8.78 Å². The molecule has 0 unspecified atom stereocenters. The van der Waals surface area contributed by atoms with E-state index < -0.39 is 11.1 Å². The molecule has 0 N–H and O–H groups in total. The van der Waals surface area contributed by atoms with E-state index >= 15 is 0 Å². The molecular formula is C5H7F2NS. The maximum absolute atomic E-state index is 12.4. The summed E-state index contributed by atoms with van der Waals surface area (Å²) in [5.74, 6) is -0.295. The maximum atomic E-state index is 12.4. The van der Waals surface area contributed by atoms with E-state index in [9.17, 15) is 8.78 Å². The van der Waals surface area contributed by atoms with Crippen LogP contribution >= 0.6 is 11.8 Å². The molecule has 0 saturated heterocycles. The van der Waals surface area contributed by atoms with Gasteiger partial charge in [0.15, 0.2) is 0 Å². The zero-order valence-electron chi connectivity index (χ0n) is 5.03. The molecule has 0 spiro atoms. The second-order valence-electron chi connectivity index (χ2n) is 1.69. The van der Waals surface area contributed by atoms with Crippen molar-refractivity contribution in [2.45, 2.75) is 6.92 Å². The van der Waals surface area contributed by atoms with Gasteiger partial charge >= 0.3 is 0 Å². The summed E-state index contributed by atoms with van der Waals surface area (Å²) in [5.41, 5.74) is 0. The van der Waals surface area contributed by atoms with Gasteiger partial charge in [-0.3, -0.25) is 0 Å². The summed E-state index contributed by atoms with van der Waals surface area (Å²) in [5, 5.41) is -0.683. The SMILES string of the molecule is CCN1CSC(F)=C1F. The molecule has 1 rings (SSSR count). The van der Waals surface area contributed by atoms with E-state index in [1.165, 1.54) is 4.90 Å². The Morgan fingerprint density at radius 2 is 2.33 bits per heavy atom. The third kappa shape index (κ3) is 1.18. The second-order valence-corrected chi connectivity index (χ2v) is 2.60. The first-order valence-corrected chi connectivity index (χ1v) is 3.67. The van der Waals surface area contributed by atoms with Gasteiger partial charge in [0.25, 0.3) is 0 Å². The summed E-state index contributed by atoms with van der Waals surface area (Å²) in [4.78, 5) is 1.35. The minimum Gasteiger partial charge on any atom is -0.336 e. The van der Waals surface area contributed by atoms with Crippen molar-refractivity contribution < 1.29 is 8.78 Å². The Labute approximate surface area is 56.7 Å². The normalized spacial score (nSPS) is 19.7. The molecule has 0 bridgehead atoms. The fourth-order valence-electron chi connectivity index (χ4n) is 0.605. The first kappa shape index (κ1) is 6.86. The van der Waals surface area contributed by atoms with Gasteiger partial charge in [0.2, 0.25) is 11.1 Å². The Hall–Kier alpha value is -0.250. The molecule has 0 aromatic carbocycles. The highest BCUT2D eigenvalue weighted by atomic mass is 32.2. The number of halogens is 2. The summed E-state index contributed by atoms with van der Waals surface area (Å²) >= 11 is 0.902. The van der Waals surface area contributed by atoms with Crippen molar-refractivity contribution in [3.63, 3.8) is 0 Å². The van der Waals surface area contributed by atoms with Crippen LogP contribution in [0.5, 0.6) is 0 Å². The average molecular weight is 151 g/mol. The Kier molecular flexibility index (Phi) is 1.95. The lowest BCUT2D eigenvalue weighted by Crippen LogP contribution is -2.15. The van der Waals surface area contributed by atoms with Crippen molar-refractivity contribution in [3.05, 3.63) is 11.1 Å². The van der Waals surface area contributed by atoms with Crippen LogP contribution in [0, 0.1) is 0 Å². The lowest BCUT2D eigenvalue weighted by molar-refractivity contribution is 0.319. The summed E-state index contributed by atoms with van der Waals surface area (Å²) in [6.07, 6.45) is 0. The fourth-order valence-corrected chi connectivity index (χ4v) is 1.42. The van der Waals surface area contributed by atoms with Crippen molar-refractivity contribution in [2.24, 2.45) is 0 Å². The van der Waals surface area contributed by atoms with E-state index in [1.807, 2.05) is 0 Å². The van der Waals surface area contributed by atoms with Gasteiger partial charge in [-0.25, -0.2) is 0 Å². The van der Waals surface area contributed by atoms with Crippen LogP contribution in [0.2, 0.25) is 0 Å². The van der Waals surface area contributed by atoms with Gasteiger partial charge in [0, 0.05) is 6.54 Å². The highest BCUT2D eigenvalue weighted by Crippen LogP contribution is 2.32. The van der Waals surface area contributed by atoms with E-state index in [0.29, 0.717) is 12.4 Å². The van der Waals surface area contributed by atoms with E-state index in [2.05, 4.69) is 0 Å². The van der Waals surface area contributed by atoms with E-state index in [1.54, 1.807) is 6.92 Å². The zero-order chi connectivity index (χ0) is 6.85. The molecular weight excluding hydrogens is 144 g/mol. The van der Waals surface area contributed by atoms with E-state index in [4.69, 9.17) is 0 Å².